The van der Waals surface area contributed by atoms with E-state index in [0.29, 0.717) is 36.5 Å². The van der Waals surface area contributed by atoms with Gasteiger partial charge in [0.1, 0.15) is 11.6 Å². The lowest BCUT2D eigenvalue weighted by molar-refractivity contribution is -0.135. The van der Waals surface area contributed by atoms with Gasteiger partial charge in [-0.3, -0.25) is 9.52 Å². The van der Waals surface area contributed by atoms with Crippen LogP contribution in [0.2, 0.25) is 0 Å². The van der Waals surface area contributed by atoms with Gasteiger partial charge in [0.05, 0.1) is 11.4 Å². The van der Waals surface area contributed by atoms with Crippen molar-refractivity contribution >= 4 is 21.7 Å². The van der Waals surface area contributed by atoms with Gasteiger partial charge in [0.2, 0.25) is 5.91 Å². The van der Waals surface area contributed by atoms with Crippen LogP contribution in [0, 0.1) is 19.3 Å². The SMILES string of the molecule is CCCCc1nc(CCCC)n(Cc2ccc(-c3ccccc3S(=O)(=O)Nc3noc(C)c3C)c(CN3CCC(C)(C)C3=O)c2)n1. The molecule has 0 saturated carbocycles. The van der Waals surface area contributed by atoms with Crippen LogP contribution in [0.5, 0.6) is 0 Å². The minimum absolute atomic E-state index is 0.0991. The Balaban J connectivity index is 1.55. The van der Waals surface area contributed by atoms with Crippen LogP contribution >= 0.6 is 0 Å². The van der Waals surface area contributed by atoms with Crippen molar-refractivity contribution in [1.82, 2.24) is 24.8 Å². The fraction of sp³-hybridized carbons (Fsp3) is 0.486. The zero-order valence-electron chi connectivity index (χ0n) is 27.9. The Bertz CT molecular complexity index is 1810. The van der Waals surface area contributed by atoms with Crippen molar-refractivity contribution in [3.63, 3.8) is 0 Å². The van der Waals surface area contributed by atoms with Crippen LogP contribution in [0.1, 0.15) is 93.9 Å². The van der Waals surface area contributed by atoms with Crippen molar-refractivity contribution in [2.45, 2.75) is 104 Å². The van der Waals surface area contributed by atoms with Gasteiger partial charge >= 0.3 is 0 Å². The number of amides is 1. The molecule has 0 bridgehead atoms. The molecule has 246 valence electrons. The molecule has 0 unspecified atom stereocenters. The maximum Gasteiger partial charge on any atom is 0.263 e. The first-order valence-electron chi connectivity index (χ1n) is 16.3. The van der Waals surface area contributed by atoms with Gasteiger partial charge in [-0.05, 0) is 55.9 Å². The van der Waals surface area contributed by atoms with E-state index in [4.69, 9.17) is 14.6 Å². The van der Waals surface area contributed by atoms with Crippen molar-refractivity contribution in [2.75, 3.05) is 11.3 Å². The number of anilines is 1. The summed E-state index contributed by atoms with van der Waals surface area (Å²) in [6.45, 7) is 13.4. The molecular weight excluding hydrogens is 600 g/mol. The van der Waals surface area contributed by atoms with Crippen LogP contribution in [0.25, 0.3) is 11.1 Å². The van der Waals surface area contributed by atoms with Crippen LogP contribution in [0.4, 0.5) is 5.82 Å². The molecule has 1 aliphatic rings. The van der Waals surface area contributed by atoms with Gasteiger partial charge in [0.25, 0.3) is 10.0 Å². The molecule has 11 heteroatoms. The third-order valence-electron chi connectivity index (χ3n) is 8.89. The first-order chi connectivity index (χ1) is 21.9. The number of likely N-dealkylation sites (tertiary alicyclic amines) is 1. The van der Waals surface area contributed by atoms with E-state index in [1.54, 1.807) is 26.0 Å². The Morgan fingerprint density at radius 3 is 2.39 bits per heavy atom. The second-order valence-corrected chi connectivity index (χ2v) is 14.6. The van der Waals surface area contributed by atoms with E-state index in [1.165, 1.54) is 0 Å². The van der Waals surface area contributed by atoms with Gasteiger partial charge in [-0.1, -0.05) is 82.1 Å². The highest BCUT2D eigenvalue weighted by Gasteiger charge is 2.38. The molecule has 1 N–H and O–H groups in total. The molecule has 1 amide bonds. The molecule has 2 aromatic heterocycles. The van der Waals surface area contributed by atoms with Gasteiger partial charge in [0, 0.05) is 42.5 Å². The maximum atomic E-state index is 13.8. The second-order valence-electron chi connectivity index (χ2n) is 13.0. The second kappa shape index (κ2) is 13.8. The normalized spacial score (nSPS) is 14.7. The highest BCUT2D eigenvalue weighted by Crippen LogP contribution is 2.36. The molecular formula is C35H46N6O4S. The lowest BCUT2D eigenvalue weighted by atomic mass is 9.92. The molecule has 2 aromatic carbocycles. The summed E-state index contributed by atoms with van der Waals surface area (Å²) in [5.74, 6) is 2.67. The number of nitrogens with one attached hydrogen (secondary N) is 1. The molecule has 1 fully saturated rings. The number of nitrogens with zero attached hydrogens (tertiary/aromatic N) is 5. The molecule has 46 heavy (non-hydrogen) atoms. The van der Waals surface area contributed by atoms with Crippen LogP contribution in [0.15, 0.2) is 51.9 Å². The maximum absolute atomic E-state index is 13.8. The predicted octanol–water partition coefficient (Wildman–Crippen LogP) is 6.84. The molecule has 0 atom stereocenters. The standard InChI is InChI=1S/C35H46N6O4S/c1-7-9-15-31-36-32(16-10-8-2)41(37-31)22-26-17-18-28(27(21-26)23-40-20-19-35(5,6)34(40)42)29-13-11-12-14-30(29)46(43,44)39-33-24(3)25(4)45-38-33/h11-14,17-18,21H,7-10,15-16,19-20,22-23H2,1-6H3,(H,38,39). The number of carbonyl (C=O) groups excluding carboxylic acids is 1. The van der Waals surface area contributed by atoms with Crippen LogP contribution in [-0.4, -0.2) is 45.7 Å². The molecule has 4 aromatic rings. The predicted molar refractivity (Wildman–Crippen MR) is 179 cm³/mol. The third-order valence-corrected chi connectivity index (χ3v) is 10.3. The molecule has 0 radical (unpaired) electrons. The summed E-state index contributed by atoms with van der Waals surface area (Å²) in [5.41, 5.74) is 3.39. The zero-order valence-corrected chi connectivity index (χ0v) is 28.7. The zero-order chi connectivity index (χ0) is 33.1. The van der Waals surface area contributed by atoms with Crippen LogP contribution in [-0.2, 0) is 40.7 Å². The lowest BCUT2D eigenvalue weighted by Crippen LogP contribution is -2.30. The average Bonchev–Trinajstić information content (AvgIpc) is 3.65. The summed E-state index contributed by atoms with van der Waals surface area (Å²) in [5, 5.41) is 8.78. The Morgan fingerprint density at radius 2 is 1.72 bits per heavy atom. The summed E-state index contributed by atoms with van der Waals surface area (Å²) in [7, 11) is -4.03. The fourth-order valence-electron chi connectivity index (χ4n) is 5.85. The number of hydrogen-bond acceptors (Lipinski definition) is 7. The number of aryl methyl sites for hydroxylation is 3. The lowest BCUT2D eigenvalue weighted by Gasteiger charge is -2.22. The number of unbranched alkanes of at least 4 members (excludes halogenated alkanes) is 2. The van der Waals surface area contributed by atoms with E-state index >= 15 is 0 Å². The number of aromatic nitrogens is 4. The molecule has 3 heterocycles. The van der Waals surface area contributed by atoms with Gasteiger partial charge in [-0.25, -0.2) is 18.1 Å². The minimum atomic E-state index is -4.03. The molecule has 10 nitrogen and oxygen atoms in total. The number of sulfonamides is 1. The topological polar surface area (TPSA) is 123 Å². The smallest absolute Gasteiger partial charge is 0.263 e. The first kappa shape index (κ1) is 33.4. The molecule has 1 saturated heterocycles. The Hall–Kier alpha value is -3.99. The van der Waals surface area contributed by atoms with E-state index in [0.717, 1.165) is 73.3 Å². The van der Waals surface area contributed by atoms with Gasteiger partial charge < -0.3 is 9.42 Å². The van der Waals surface area contributed by atoms with Crippen molar-refractivity contribution in [1.29, 1.82) is 0 Å². The third kappa shape index (κ3) is 7.19. The molecule has 1 aliphatic heterocycles. The summed E-state index contributed by atoms with van der Waals surface area (Å²) < 4.78 is 37.4. The largest absolute Gasteiger partial charge is 0.359 e. The Morgan fingerprint density at radius 1 is 0.978 bits per heavy atom. The number of carbonyl (C=O) groups is 1. The van der Waals surface area contributed by atoms with E-state index in [9.17, 15) is 13.2 Å². The van der Waals surface area contributed by atoms with Crippen molar-refractivity contribution in [3.05, 3.63) is 76.6 Å². The van der Waals surface area contributed by atoms with Crippen LogP contribution < -0.4 is 4.72 Å². The van der Waals surface area contributed by atoms with Crippen LogP contribution in [0.3, 0.4) is 0 Å². The highest BCUT2D eigenvalue weighted by molar-refractivity contribution is 7.92. The van der Waals surface area contributed by atoms with Gasteiger partial charge in [-0.2, -0.15) is 5.10 Å². The van der Waals surface area contributed by atoms with E-state index < -0.39 is 15.4 Å². The Kier molecular flexibility index (Phi) is 10.0. The fourth-order valence-corrected chi connectivity index (χ4v) is 7.13. The summed E-state index contributed by atoms with van der Waals surface area (Å²) >= 11 is 0. The Labute approximate surface area is 272 Å². The summed E-state index contributed by atoms with van der Waals surface area (Å²) in [4.78, 5) is 20.2. The summed E-state index contributed by atoms with van der Waals surface area (Å²) in [6.07, 6.45) is 6.72. The van der Waals surface area contributed by atoms with Gasteiger partial charge in [0.15, 0.2) is 11.6 Å². The quantitative estimate of drug-likeness (QED) is 0.159. The monoisotopic (exact) mass is 646 g/mol. The minimum Gasteiger partial charge on any atom is -0.359 e. The van der Waals surface area contributed by atoms with E-state index in [-0.39, 0.29) is 16.6 Å². The van der Waals surface area contributed by atoms with Crippen molar-refractivity contribution < 1.29 is 17.7 Å². The summed E-state index contributed by atoms with van der Waals surface area (Å²) in [6, 6.07) is 13.0. The molecule has 0 aliphatic carbocycles. The van der Waals surface area contributed by atoms with Gasteiger partial charge in [-0.15, -0.1) is 0 Å². The molecule has 5 rings (SSSR count). The number of benzene rings is 2. The highest BCUT2D eigenvalue weighted by atomic mass is 32.2. The number of rotatable bonds is 14. The molecule has 0 spiro atoms. The number of hydrogen-bond donors (Lipinski definition) is 1. The van der Waals surface area contributed by atoms with E-state index in [2.05, 4.69) is 29.8 Å². The van der Waals surface area contributed by atoms with E-state index in [1.807, 2.05) is 47.7 Å². The van der Waals surface area contributed by atoms with Crippen molar-refractivity contribution in [2.24, 2.45) is 5.41 Å². The van der Waals surface area contributed by atoms with Crippen molar-refractivity contribution in [3.8, 4) is 11.1 Å². The first-order valence-corrected chi connectivity index (χ1v) is 17.8. The average molecular weight is 647 g/mol.